The summed E-state index contributed by atoms with van der Waals surface area (Å²) in [5.74, 6) is -0.181. The van der Waals surface area contributed by atoms with Gasteiger partial charge in [0, 0.05) is 6.54 Å². The van der Waals surface area contributed by atoms with Crippen LogP contribution in [0.25, 0.3) is 0 Å². The SMILES string of the molecule is CC(C)C(C)(CN)NC(=O)CNC(=O)Cc1ccccc1.Cl. The first-order valence-electron chi connectivity index (χ1n) is 7.19. The first-order chi connectivity index (χ1) is 9.87. The Balaban J connectivity index is 0.00000441. The highest BCUT2D eigenvalue weighted by atomic mass is 35.5. The lowest BCUT2D eigenvalue weighted by atomic mass is 9.88. The number of carbonyl (C=O) groups excluding carboxylic acids is 2. The van der Waals surface area contributed by atoms with E-state index in [2.05, 4.69) is 10.6 Å². The van der Waals surface area contributed by atoms with Crippen molar-refractivity contribution in [1.29, 1.82) is 0 Å². The topological polar surface area (TPSA) is 84.2 Å². The van der Waals surface area contributed by atoms with Gasteiger partial charge in [0.15, 0.2) is 0 Å². The van der Waals surface area contributed by atoms with Gasteiger partial charge in [0.1, 0.15) is 0 Å². The summed E-state index contributed by atoms with van der Waals surface area (Å²) in [6.45, 7) is 6.23. The van der Waals surface area contributed by atoms with Crippen LogP contribution in [-0.4, -0.2) is 30.4 Å². The molecule has 0 bridgehead atoms. The zero-order chi connectivity index (χ0) is 15.9. The molecular weight excluding hydrogens is 302 g/mol. The van der Waals surface area contributed by atoms with Crippen LogP contribution in [0.3, 0.4) is 0 Å². The Kier molecular flexibility index (Phi) is 8.75. The Labute approximate surface area is 138 Å². The van der Waals surface area contributed by atoms with Crippen LogP contribution >= 0.6 is 12.4 Å². The van der Waals surface area contributed by atoms with Gasteiger partial charge in [-0.3, -0.25) is 9.59 Å². The van der Waals surface area contributed by atoms with Crippen molar-refractivity contribution in [2.45, 2.75) is 32.7 Å². The Bertz CT molecular complexity index is 480. The molecule has 0 aliphatic rings. The van der Waals surface area contributed by atoms with E-state index in [1.54, 1.807) is 0 Å². The highest BCUT2D eigenvalue weighted by Crippen LogP contribution is 2.14. The fourth-order valence-electron chi connectivity index (χ4n) is 1.82. The minimum Gasteiger partial charge on any atom is -0.348 e. The molecule has 0 heterocycles. The van der Waals surface area contributed by atoms with Crippen LogP contribution in [0.15, 0.2) is 30.3 Å². The number of hydrogen-bond donors (Lipinski definition) is 3. The number of amides is 2. The van der Waals surface area contributed by atoms with E-state index in [1.807, 2.05) is 51.1 Å². The lowest BCUT2D eigenvalue weighted by Crippen LogP contribution is -2.56. The van der Waals surface area contributed by atoms with Crippen molar-refractivity contribution < 1.29 is 9.59 Å². The molecule has 124 valence electrons. The molecule has 0 aliphatic carbocycles. The summed E-state index contributed by atoms with van der Waals surface area (Å²) in [4.78, 5) is 23.7. The van der Waals surface area contributed by atoms with Crippen molar-refractivity contribution >= 4 is 24.2 Å². The molecule has 1 aromatic carbocycles. The number of benzene rings is 1. The van der Waals surface area contributed by atoms with E-state index in [-0.39, 0.29) is 43.1 Å². The molecular formula is C16H26ClN3O2. The number of halogens is 1. The minimum absolute atomic E-state index is 0. The van der Waals surface area contributed by atoms with Gasteiger partial charge >= 0.3 is 0 Å². The first-order valence-corrected chi connectivity index (χ1v) is 7.19. The van der Waals surface area contributed by atoms with Crippen LogP contribution in [0.1, 0.15) is 26.3 Å². The first kappa shape index (κ1) is 20.4. The maximum absolute atomic E-state index is 11.9. The molecule has 0 saturated heterocycles. The molecule has 0 fully saturated rings. The highest BCUT2D eigenvalue weighted by Gasteiger charge is 2.28. The summed E-state index contributed by atoms with van der Waals surface area (Å²) in [5.41, 5.74) is 6.18. The summed E-state index contributed by atoms with van der Waals surface area (Å²) in [7, 11) is 0. The van der Waals surface area contributed by atoms with Crippen molar-refractivity contribution in [3.8, 4) is 0 Å². The van der Waals surface area contributed by atoms with Crippen molar-refractivity contribution in [1.82, 2.24) is 10.6 Å². The fourth-order valence-corrected chi connectivity index (χ4v) is 1.82. The third kappa shape index (κ3) is 6.45. The third-order valence-corrected chi connectivity index (χ3v) is 3.78. The lowest BCUT2D eigenvalue weighted by Gasteiger charge is -2.33. The van der Waals surface area contributed by atoms with Gasteiger partial charge in [-0.25, -0.2) is 0 Å². The molecule has 1 rings (SSSR count). The zero-order valence-electron chi connectivity index (χ0n) is 13.4. The van der Waals surface area contributed by atoms with Gasteiger partial charge in [-0.05, 0) is 18.4 Å². The van der Waals surface area contributed by atoms with Gasteiger partial charge < -0.3 is 16.4 Å². The van der Waals surface area contributed by atoms with E-state index < -0.39 is 5.54 Å². The average Bonchev–Trinajstić information content (AvgIpc) is 2.46. The Hall–Kier alpha value is -1.59. The summed E-state index contributed by atoms with van der Waals surface area (Å²) in [6.07, 6.45) is 0.270. The Morgan fingerprint density at radius 3 is 2.27 bits per heavy atom. The second-order valence-electron chi connectivity index (χ2n) is 5.76. The molecule has 5 nitrogen and oxygen atoms in total. The number of rotatable bonds is 7. The van der Waals surface area contributed by atoms with Gasteiger partial charge in [-0.2, -0.15) is 0 Å². The highest BCUT2D eigenvalue weighted by molar-refractivity contribution is 5.86. The van der Waals surface area contributed by atoms with E-state index in [0.717, 1.165) is 5.56 Å². The smallest absolute Gasteiger partial charge is 0.239 e. The molecule has 2 amide bonds. The summed E-state index contributed by atoms with van der Waals surface area (Å²) < 4.78 is 0. The van der Waals surface area contributed by atoms with Gasteiger partial charge in [-0.1, -0.05) is 44.2 Å². The maximum atomic E-state index is 11.9. The van der Waals surface area contributed by atoms with E-state index in [9.17, 15) is 9.59 Å². The molecule has 22 heavy (non-hydrogen) atoms. The van der Waals surface area contributed by atoms with Crippen LogP contribution in [0.5, 0.6) is 0 Å². The van der Waals surface area contributed by atoms with Gasteiger partial charge in [0.05, 0.1) is 18.5 Å². The lowest BCUT2D eigenvalue weighted by molar-refractivity contribution is -0.127. The molecule has 0 radical (unpaired) electrons. The van der Waals surface area contributed by atoms with Crippen molar-refractivity contribution in [2.75, 3.05) is 13.1 Å². The van der Waals surface area contributed by atoms with E-state index in [4.69, 9.17) is 5.73 Å². The second kappa shape index (κ2) is 9.43. The van der Waals surface area contributed by atoms with Crippen molar-refractivity contribution in [3.63, 3.8) is 0 Å². The Morgan fingerprint density at radius 2 is 1.77 bits per heavy atom. The number of nitrogens with one attached hydrogen (secondary N) is 2. The molecule has 1 aromatic rings. The number of nitrogens with two attached hydrogens (primary N) is 1. The van der Waals surface area contributed by atoms with E-state index in [1.165, 1.54) is 0 Å². The standard InChI is InChI=1S/C16H25N3O2.ClH/c1-12(2)16(3,11-17)19-15(21)10-18-14(20)9-13-7-5-4-6-8-13;/h4-8,12H,9-11,17H2,1-3H3,(H,18,20)(H,19,21);1H. The molecule has 0 aliphatic heterocycles. The van der Waals surface area contributed by atoms with E-state index in [0.29, 0.717) is 6.54 Å². The number of hydrogen-bond acceptors (Lipinski definition) is 3. The fraction of sp³-hybridized carbons (Fsp3) is 0.500. The summed E-state index contributed by atoms with van der Waals surface area (Å²) in [6, 6.07) is 9.41. The zero-order valence-corrected chi connectivity index (χ0v) is 14.2. The molecule has 0 aromatic heterocycles. The predicted octanol–water partition coefficient (Wildman–Crippen LogP) is 1.26. The number of carbonyl (C=O) groups is 2. The van der Waals surface area contributed by atoms with Gasteiger partial charge in [-0.15, -0.1) is 12.4 Å². The average molecular weight is 328 g/mol. The Morgan fingerprint density at radius 1 is 1.18 bits per heavy atom. The molecule has 1 atom stereocenters. The normalized spacial score (nSPS) is 13.0. The summed E-state index contributed by atoms with van der Waals surface area (Å²) >= 11 is 0. The van der Waals surface area contributed by atoms with E-state index >= 15 is 0 Å². The van der Waals surface area contributed by atoms with Crippen LogP contribution in [0.4, 0.5) is 0 Å². The monoisotopic (exact) mass is 327 g/mol. The molecule has 4 N–H and O–H groups in total. The van der Waals surface area contributed by atoms with Crippen LogP contribution in [0, 0.1) is 5.92 Å². The van der Waals surface area contributed by atoms with Crippen molar-refractivity contribution in [3.05, 3.63) is 35.9 Å². The maximum Gasteiger partial charge on any atom is 0.239 e. The second-order valence-corrected chi connectivity index (χ2v) is 5.76. The molecule has 0 spiro atoms. The predicted molar refractivity (Wildman–Crippen MR) is 90.8 cm³/mol. The van der Waals surface area contributed by atoms with Crippen LogP contribution in [0.2, 0.25) is 0 Å². The van der Waals surface area contributed by atoms with Crippen LogP contribution in [-0.2, 0) is 16.0 Å². The third-order valence-electron chi connectivity index (χ3n) is 3.78. The largest absolute Gasteiger partial charge is 0.348 e. The quantitative estimate of drug-likeness (QED) is 0.705. The van der Waals surface area contributed by atoms with Crippen molar-refractivity contribution in [2.24, 2.45) is 11.7 Å². The van der Waals surface area contributed by atoms with Gasteiger partial charge in [0.2, 0.25) is 11.8 Å². The molecule has 6 heteroatoms. The minimum atomic E-state index is -0.457. The molecule has 0 saturated carbocycles. The molecule has 1 unspecified atom stereocenters. The van der Waals surface area contributed by atoms with Gasteiger partial charge in [0.25, 0.3) is 0 Å². The van der Waals surface area contributed by atoms with Crippen LogP contribution < -0.4 is 16.4 Å². The summed E-state index contributed by atoms with van der Waals surface area (Å²) in [5, 5.41) is 5.51.